The number of ether oxygens (including phenoxy) is 1. The number of aliphatic hydroxyl groups excluding tert-OH is 1. The van der Waals surface area contributed by atoms with Crippen molar-refractivity contribution < 1.29 is 14.6 Å². The van der Waals surface area contributed by atoms with E-state index in [4.69, 9.17) is 9.84 Å². The minimum Gasteiger partial charge on any atom is -0.394 e. The van der Waals surface area contributed by atoms with E-state index in [1.165, 1.54) is 38.5 Å². The van der Waals surface area contributed by atoms with Crippen LogP contribution in [0.4, 0.5) is 0 Å². The fourth-order valence-electron chi connectivity index (χ4n) is 3.23. The largest absolute Gasteiger partial charge is 0.394 e. The molecule has 19 heavy (non-hydrogen) atoms. The van der Waals surface area contributed by atoms with Gasteiger partial charge in [0.25, 0.3) is 0 Å². The average Bonchev–Trinajstić information content (AvgIpc) is 2.48. The van der Waals surface area contributed by atoms with E-state index in [1.807, 2.05) is 4.90 Å². The summed E-state index contributed by atoms with van der Waals surface area (Å²) in [6, 6.07) is 0. The molecule has 0 aromatic heterocycles. The van der Waals surface area contributed by atoms with Crippen molar-refractivity contribution in [3.05, 3.63) is 0 Å². The first-order valence-electron chi connectivity index (χ1n) is 7.80. The van der Waals surface area contributed by atoms with E-state index in [-0.39, 0.29) is 18.6 Å². The van der Waals surface area contributed by atoms with Gasteiger partial charge in [-0.1, -0.05) is 32.1 Å². The summed E-state index contributed by atoms with van der Waals surface area (Å²) in [4.78, 5) is 13.9. The standard InChI is InChI=1S/C15H27NO3/c17-12-14-11-16(9-10-19-14)15(18)8-4-7-13-5-2-1-3-6-13/h13-14,17H,1-12H2. The minimum absolute atomic E-state index is 0.00581. The van der Waals surface area contributed by atoms with Gasteiger partial charge >= 0.3 is 0 Å². The molecule has 2 aliphatic rings. The fourth-order valence-corrected chi connectivity index (χ4v) is 3.23. The highest BCUT2D eigenvalue weighted by Gasteiger charge is 2.23. The summed E-state index contributed by atoms with van der Waals surface area (Å²) >= 11 is 0. The van der Waals surface area contributed by atoms with E-state index in [0.29, 0.717) is 26.1 Å². The number of rotatable bonds is 5. The Balaban J connectivity index is 1.63. The van der Waals surface area contributed by atoms with Crippen LogP contribution in [0.5, 0.6) is 0 Å². The van der Waals surface area contributed by atoms with Crippen molar-refractivity contribution in [3.8, 4) is 0 Å². The highest BCUT2D eigenvalue weighted by atomic mass is 16.5. The molecule has 1 amide bonds. The molecule has 1 aliphatic heterocycles. The number of morpholine rings is 1. The Kier molecular flexibility index (Phi) is 6.11. The number of nitrogens with zero attached hydrogens (tertiary/aromatic N) is 1. The lowest BCUT2D eigenvalue weighted by Crippen LogP contribution is -2.46. The van der Waals surface area contributed by atoms with Gasteiger partial charge < -0.3 is 14.7 Å². The van der Waals surface area contributed by atoms with Crippen LogP contribution in [0.2, 0.25) is 0 Å². The van der Waals surface area contributed by atoms with Crippen molar-refractivity contribution in [1.29, 1.82) is 0 Å². The molecule has 2 rings (SSSR count). The number of aliphatic hydroxyl groups is 1. The Labute approximate surface area is 116 Å². The fraction of sp³-hybridized carbons (Fsp3) is 0.933. The maximum atomic E-state index is 12.1. The van der Waals surface area contributed by atoms with Gasteiger partial charge in [0.2, 0.25) is 5.91 Å². The molecule has 0 radical (unpaired) electrons. The van der Waals surface area contributed by atoms with E-state index >= 15 is 0 Å². The summed E-state index contributed by atoms with van der Waals surface area (Å²) in [5, 5.41) is 9.07. The van der Waals surface area contributed by atoms with Crippen molar-refractivity contribution in [1.82, 2.24) is 4.90 Å². The summed E-state index contributed by atoms with van der Waals surface area (Å²) < 4.78 is 5.36. The molecule has 0 aromatic carbocycles. The second-order valence-corrected chi connectivity index (χ2v) is 5.91. The molecule has 0 bridgehead atoms. The van der Waals surface area contributed by atoms with E-state index in [2.05, 4.69) is 0 Å². The molecule has 110 valence electrons. The average molecular weight is 269 g/mol. The molecule has 4 heteroatoms. The molecular weight excluding hydrogens is 242 g/mol. The van der Waals surface area contributed by atoms with Crippen molar-refractivity contribution in [2.24, 2.45) is 5.92 Å². The molecule has 1 unspecified atom stereocenters. The SMILES string of the molecule is O=C(CCCC1CCCCC1)N1CCOC(CO)C1. The normalized spacial score (nSPS) is 25.5. The zero-order chi connectivity index (χ0) is 13.5. The maximum Gasteiger partial charge on any atom is 0.222 e. The van der Waals surface area contributed by atoms with E-state index < -0.39 is 0 Å². The van der Waals surface area contributed by atoms with Crippen molar-refractivity contribution in [2.45, 2.75) is 57.5 Å². The molecule has 0 spiro atoms. The van der Waals surface area contributed by atoms with Gasteiger partial charge in [-0.25, -0.2) is 0 Å². The van der Waals surface area contributed by atoms with Crippen LogP contribution < -0.4 is 0 Å². The van der Waals surface area contributed by atoms with Crippen LogP contribution in [0.15, 0.2) is 0 Å². The summed E-state index contributed by atoms with van der Waals surface area (Å²) in [5.74, 6) is 1.09. The second-order valence-electron chi connectivity index (χ2n) is 5.91. The lowest BCUT2D eigenvalue weighted by Gasteiger charge is -2.32. The molecule has 2 fully saturated rings. The van der Waals surface area contributed by atoms with Crippen LogP contribution in [0.3, 0.4) is 0 Å². The Morgan fingerprint density at radius 3 is 2.79 bits per heavy atom. The van der Waals surface area contributed by atoms with Gasteiger partial charge in [0, 0.05) is 19.5 Å². The summed E-state index contributed by atoms with van der Waals surface area (Å²) in [6.45, 7) is 1.79. The van der Waals surface area contributed by atoms with Gasteiger partial charge in [0.15, 0.2) is 0 Å². The van der Waals surface area contributed by atoms with Gasteiger partial charge in [-0.3, -0.25) is 4.79 Å². The molecule has 1 N–H and O–H groups in total. The number of carbonyl (C=O) groups excluding carboxylic acids is 1. The maximum absolute atomic E-state index is 12.1. The topological polar surface area (TPSA) is 49.8 Å². The number of amides is 1. The molecule has 1 aliphatic carbocycles. The quantitative estimate of drug-likeness (QED) is 0.830. The van der Waals surface area contributed by atoms with Gasteiger partial charge in [-0.2, -0.15) is 0 Å². The van der Waals surface area contributed by atoms with E-state index in [0.717, 1.165) is 12.3 Å². The van der Waals surface area contributed by atoms with Gasteiger partial charge in [0.05, 0.1) is 19.3 Å². The Hall–Kier alpha value is -0.610. The summed E-state index contributed by atoms with van der Waals surface area (Å²) in [6.07, 6.45) is 9.57. The van der Waals surface area contributed by atoms with Crippen LogP contribution in [0.25, 0.3) is 0 Å². The number of hydrogen-bond donors (Lipinski definition) is 1. The van der Waals surface area contributed by atoms with Gasteiger partial charge in [-0.05, 0) is 18.8 Å². The van der Waals surface area contributed by atoms with Crippen LogP contribution in [0, 0.1) is 5.92 Å². The van der Waals surface area contributed by atoms with Crippen LogP contribution in [-0.2, 0) is 9.53 Å². The first kappa shape index (κ1) is 14.8. The molecule has 1 saturated carbocycles. The van der Waals surface area contributed by atoms with Gasteiger partial charge in [-0.15, -0.1) is 0 Å². The van der Waals surface area contributed by atoms with Crippen molar-refractivity contribution in [2.75, 3.05) is 26.3 Å². The van der Waals surface area contributed by atoms with Crippen molar-refractivity contribution in [3.63, 3.8) is 0 Å². The third-order valence-corrected chi connectivity index (χ3v) is 4.42. The van der Waals surface area contributed by atoms with Crippen molar-refractivity contribution >= 4 is 5.91 Å². The molecular formula is C15H27NO3. The third kappa shape index (κ3) is 4.77. The van der Waals surface area contributed by atoms with E-state index in [1.54, 1.807) is 0 Å². The minimum atomic E-state index is -0.184. The number of hydrogen-bond acceptors (Lipinski definition) is 3. The van der Waals surface area contributed by atoms with Crippen LogP contribution in [0.1, 0.15) is 51.4 Å². The second kappa shape index (κ2) is 7.85. The Morgan fingerprint density at radius 2 is 2.05 bits per heavy atom. The van der Waals surface area contributed by atoms with E-state index in [9.17, 15) is 4.79 Å². The summed E-state index contributed by atoms with van der Waals surface area (Å²) in [7, 11) is 0. The Morgan fingerprint density at radius 1 is 1.26 bits per heavy atom. The molecule has 1 atom stereocenters. The molecule has 1 saturated heterocycles. The van der Waals surface area contributed by atoms with Crippen LogP contribution >= 0.6 is 0 Å². The zero-order valence-corrected chi connectivity index (χ0v) is 11.9. The van der Waals surface area contributed by atoms with Crippen LogP contribution in [-0.4, -0.2) is 48.3 Å². The zero-order valence-electron chi connectivity index (χ0n) is 11.9. The lowest BCUT2D eigenvalue weighted by molar-refractivity contribution is -0.140. The number of carbonyl (C=O) groups is 1. The predicted octanol–water partition coefficient (Wildman–Crippen LogP) is 1.96. The molecule has 0 aromatic rings. The molecule has 1 heterocycles. The smallest absolute Gasteiger partial charge is 0.222 e. The first-order valence-corrected chi connectivity index (χ1v) is 7.80. The monoisotopic (exact) mass is 269 g/mol. The lowest BCUT2D eigenvalue weighted by atomic mass is 9.86. The molecule has 4 nitrogen and oxygen atoms in total. The first-order chi connectivity index (χ1) is 9.29. The Bertz CT molecular complexity index is 277. The highest BCUT2D eigenvalue weighted by molar-refractivity contribution is 5.76. The summed E-state index contributed by atoms with van der Waals surface area (Å²) in [5.41, 5.74) is 0. The van der Waals surface area contributed by atoms with Gasteiger partial charge in [0.1, 0.15) is 0 Å². The highest BCUT2D eigenvalue weighted by Crippen LogP contribution is 2.27. The third-order valence-electron chi connectivity index (χ3n) is 4.42. The predicted molar refractivity (Wildman–Crippen MR) is 73.8 cm³/mol.